The van der Waals surface area contributed by atoms with E-state index in [0.717, 1.165) is 11.3 Å². The minimum atomic E-state index is -0.257. The van der Waals surface area contributed by atoms with Crippen molar-refractivity contribution >= 4 is 29.3 Å². The number of carbonyl (C=O) groups excluding carboxylic acids is 1. The molecule has 0 N–H and O–H groups in total. The Morgan fingerprint density at radius 2 is 2.14 bits per heavy atom. The largest absolute Gasteiger partial charge is 0.457 e. The molecule has 0 aliphatic rings. The van der Waals surface area contributed by atoms with E-state index in [1.54, 1.807) is 16.4 Å². The first kappa shape index (κ1) is 16.8. The van der Waals surface area contributed by atoms with Crippen molar-refractivity contribution in [3.8, 4) is 0 Å². The van der Waals surface area contributed by atoms with Gasteiger partial charge in [-0.15, -0.1) is 16.9 Å². The number of ether oxygens (including phenoxy) is 1. The molecular weight excluding hydrogens is 324 g/mol. The van der Waals surface area contributed by atoms with Crippen molar-refractivity contribution in [2.24, 2.45) is 0 Å². The van der Waals surface area contributed by atoms with Crippen molar-refractivity contribution in [3.05, 3.63) is 35.1 Å². The van der Waals surface area contributed by atoms with Crippen LogP contribution in [0.3, 0.4) is 0 Å². The van der Waals surface area contributed by atoms with Gasteiger partial charge in [0.25, 0.3) is 0 Å². The van der Waals surface area contributed by atoms with Crippen LogP contribution in [-0.2, 0) is 22.7 Å². The summed E-state index contributed by atoms with van der Waals surface area (Å²) in [5.41, 5.74) is 0. The third-order valence-corrected chi connectivity index (χ3v) is 4.06. The van der Waals surface area contributed by atoms with Crippen LogP contribution in [0.1, 0.15) is 25.6 Å². The normalized spacial score (nSPS) is 10.6. The van der Waals surface area contributed by atoms with E-state index in [2.05, 4.69) is 15.5 Å². The quantitative estimate of drug-likeness (QED) is 0.543. The maximum absolute atomic E-state index is 11.7. The fourth-order valence-electron chi connectivity index (χ4n) is 1.71. The van der Waals surface area contributed by atoms with Gasteiger partial charge in [-0.3, -0.25) is 4.79 Å². The standard InChI is InChI=1S/C14H17ClN4O2S/c1-2-8-19-13(16-17-18-19)10-21-14(20)7-9-22-12-5-3-11(15)4-6-12/h3-6H,2,7-10H2,1H3. The Kier molecular flexibility index (Phi) is 6.67. The average Bonchev–Trinajstić information content (AvgIpc) is 2.95. The summed E-state index contributed by atoms with van der Waals surface area (Å²) in [6.07, 6.45) is 1.26. The van der Waals surface area contributed by atoms with Gasteiger partial charge in [-0.2, -0.15) is 0 Å². The van der Waals surface area contributed by atoms with Gasteiger partial charge in [0.1, 0.15) is 0 Å². The molecule has 0 fully saturated rings. The minimum Gasteiger partial charge on any atom is -0.457 e. The Morgan fingerprint density at radius 3 is 2.86 bits per heavy atom. The smallest absolute Gasteiger partial charge is 0.307 e. The molecule has 6 nitrogen and oxygen atoms in total. The molecule has 0 spiro atoms. The Hall–Kier alpha value is -1.60. The number of carbonyl (C=O) groups is 1. The van der Waals surface area contributed by atoms with Crippen molar-refractivity contribution < 1.29 is 9.53 Å². The van der Waals surface area contributed by atoms with E-state index in [1.165, 1.54) is 0 Å². The fourth-order valence-corrected chi connectivity index (χ4v) is 2.67. The highest BCUT2D eigenvalue weighted by Gasteiger charge is 2.09. The lowest BCUT2D eigenvalue weighted by molar-refractivity contribution is -0.144. The molecule has 0 saturated carbocycles. The molecule has 8 heteroatoms. The number of nitrogens with zero attached hydrogens (tertiary/aromatic N) is 4. The summed E-state index contributed by atoms with van der Waals surface area (Å²) in [7, 11) is 0. The summed E-state index contributed by atoms with van der Waals surface area (Å²) < 4.78 is 6.84. The van der Waals surface area contributed by atoms with Crippen molar-refractivity contribution in [3.63, 3.8) is 0 Å². The highest BCUT2D eigenvalue weighted by Crippen LogP contribution is 2.21. The van der Waals surface area contributed by atoms with E-state index in [4.69, 9.17) is 16.3 Å². The van der Waals surface area contributed by atoms with E-state index in [9.17, 15) is 4.79 Å². The van der Waals surface area contributed by atoms with Gasteiger partial charge in [-0.1, -0.05) is 18.5 Å². The number of rotatable bonds is 8. The molecule has 0 aliphatic carbocycles. The van der Waals surface area contributed by atoms with E-state index >= 15 is 0 Å². The summed E-state index contributed by atoms with van der Waals surface area (Å²) in [4.78, 5) is 12.8. The highest BCUT2D eigenvalue weighted by molar-refractivity contribution is 7.99. The molecule has 0 unspecified atom stereocenters. The van der Waals surface area contributed by atoms with Gasteiger partial charge in [-0.25, -0.2) is 4.68 Å². The summed E-state index contributed by atoms with van der Waals surface area (Å²) >= 11 is 7.41. The first-order valence-electron chi connectivity index (χ1n) is 6.98. The molecule has 0 saturated heterocycles. The molecule has 22 heavy (non-hydrogen) atoms. The van der Waals surface area contributed by atoms with Crippen LogP contribution < -0.4 is 0 Å². The van der Waals surface area contributed by atoms with Gasteiger partial charge in [0.2, 0.25) is 0 Å². The van der Waals surface area contributed by atoms with E-state index in [1.807, 2.05) is 31.2 Å². The molecule has 118 valence electrons. The average molecular weight is 341 g/mol. The van der Waals surface area contributed by atoms with Crippen molar-refractivity contribution in [2.75, 3.05) is 5.75 Å². The lowest BCUT2D eigenvalue weighted by Gasteiger charge is -2.05. The SMILES string of the molecule is CCCn1nnnc1COC(=O)CCSc1ccc(Cl)cc1. The molecular formula is C14H17ClN4O2S. The van der Waals surface area contributed by atoms with Crippen molar-refractivity contribution in [1.29, 1.82) is 0 Å². The number of aryl methyl sites for hydroxylation is 1. The lowest BCUT2D eigenvalue weighted by Crippen LogP contribution is -2.11. The second-order valence-electron chi connectivity index (χ2n) is 4.53. The summed E-state index contributed by atoms with van der Waals surface area (Å²) in [6.45, 7) is 2.86. The maximum atomic E-state index is 11.7. The number of hydrogen-bond donors (Lipinski definition) is 0. The second kappa shape index (κ2) is 8.75. The van der Waals surface area contributed by atoms with Gasteiger partial charge < -0.3 is 4.74 Å². The molecule has 0 amide bonds. The molecule has 0 bridgehead atoms. The molecule has 0 atom stereocenters. The molecule has 0 radical (unpaired) electrons. The van der Waals surface area contributed by atoms with E-state index in [0.29, 0.717) is 29.6 Å². The number of esters is 1. The predicted molar refractivity (Wildman–Crippen MR) is 84.7 cm³/mol. The third-order valence-electron chi connectivity index (χ3n) is 2.79. The fraction of sp³-hybridized carbons (Fsp3) is 0.429. The Bertz CT molecular complexity index is 603. The molecule has 1 heterocycles. The summed E-state index contributed by atoms with van der Waals surface area (Å²) in [5, 5.41) is 12.0. The minimum absolute atomic E-state index is 0.109. The summed E-state index contributed by atoms with van der Waals surface area (Å²) in [5.74, 6) is 0.966. The molecule has 0 aliphatic heterocycles. The van der Waals surface area contributed by atoms with Crippen molar-refractivity contribution in [1.82, 2.24) is 20.2 Å². The van der Waals surface area contributed by atoms with E-state index in [-0.39, 0.29) is 12.6 Å². The molecule has 1 aromatic heterocycles. The van der Waals surface area contributed by atoms with Crippen LogP contribution in [0.2, 0.25) is 5.02 Å². The van der Waals surface area contributed by atoms with Crippen LogP contribution >= 0.6 is 23.4 Å². The van der Waals surface area contributed by atoms with Crippen LogP contribution in [0.15, 0.2) is 29.2 Å². The maximum Gasteiger partial charge on any atom is 0.307 e. The molecule has 2 rings (SSSR count). The lowest BCUT2D eigenvalue weighted by atomic mass is 10.4. The zero-order valence-electron chi connectivity index (χ0n) is 12.2. The zero-order valence-corrected chi connectivity index (χ0v) is 13.8. The van der Waals surface area contributed by atoms with Crippen LogP contribution in [0.25, 0.3) is 0 Å². The van der Waals surface area contributed by atoms with Gasteiger partial charge in [0.05, 0.1) is 6.42 Å². The highest BCUT2D eigenvalue weighted by atomic mass is 35.5. The van der Waals surface area contributed by atoms with E-state index < -0.39 is 0 Å². The Balaban J connectivity index is 1.69. The third kappa shape index (κ3) is 5.31. The first-order chi connectivity index (χ1) is 10.7. The number of thioether (sulfide) groups is 1. The molecule has 2 aromatic rings. The number of benzene rings is 1. The second-order valence-corrected chi connectivity index (χ2v) is 6.14. The van der Waals surface area contributed by atoms with Crippen molar-refractivity contribution in [2.45, 2.75) is 37.8 Å². The topological polar surface area (TPSA) is 69.9 Å². The summed E-state index contributed by atoms with van der Waals surface area (Å²) in [6, 6.07) is 7.51. The monoisotopic (exact) mass is 340 g/mol. The van der Waals surface area contributed by atoms with Gasteiger partial charge in [-0.05, 0) is 41.1 Å². The predicted octanol–water partition coefficient (Wildman–Crippen LogP) is 2.96. The zero-order chi connectivity index (χ0) is 15.8. The van der Waals surface area contributed by atoms with Gasteiger partial charge >= 0.3 is 5.97 Å². The number of hydrogen-bond acceptors (Lipinski definition) is 6. The van der Waals surface area contributed by atoms with Gasteiger partial charge in [0.15, 0.2) is 12.4 Å². The number of aromatic nitrogens is 4. The Labute approximate surface area is 138 Å². The van der Waals surface area contributed by atoms with Crippen LogP contribution in [0.4, 0.5) is 0 Å². The first-order valence-corrected chi connectivity index (χ1v) is 8.34. The Morgan fingerprint density at radius 1 is 1.36 bits per heavy atom. The molecule has 1 aromatic carbocycles. The van der Waals surface area contributed by atoms with Crippen LogP contribution in [0.5, 0.6) is 0 Å². The number of halogens is 1. The number of tetrazole rings is 1. The van der Waals surface area contributed by atoms with Crippen LogP contribution in [0, 0.1) is 0 Å². The van der Waals surface area contributed by atoms with Gasteiger partial charge in [0, 0.05) is 22.2 Å². The van der Waals surface area contributed by atoms with Crippen LogP contribution in [-0.4, -0.2) is 31.9 Å².